The summed E-state index contributed by atoms with van der Waals surface area (Å²) in [5, 5.41) is 8.54. The molecule has 8 nitrogen and oxygen atoms in total. The number of para-hydroxylation sites is 1. The SMILES string of the molecule is Cc1nc(N)ccc1N=Nc1ccccc1OC(=O)N1CCC2(CCN(C)CC2)CC1. The van der Waals surface area contributed by atoms with Gasteiger partial charge in [-0.25, -0.2) is 9.78 Å². The molecule has 31 heavy (non-hydrogen) atoms. The first-order chi connectivity index (χ1) is 14.9. The number of amides is 1. The Kier molecular flexibility index (Phi) is 6.18. The van der Waals surface area contributed by atoms with Gasteiger partial charge in [-0.05, 0) is 82.4 Å². The number of likely N-dealkylation sites (tertiary alicyclic amines) is 2. The van der Waals surface area contributed by atoms with Crippen LogP contribution < -0.4 is 10.5 Å². The van der Waals surface area contributed by atoms with E-state index in [9.17, 15) is 4.79 Å². The number of azo groups is 1. The smallest absolute Gasteiger partial charge is 0.408 e. The number of piperidine rings is 2. The van der Waals surface area contributed by atoms with Crippen molar-refractivity contribution in [1.82, 2.24) is 14.8 Å². The fourth-order valence-electron chi connectivity index (χ4n) is 4.33. The Morgan fingerprint density at radius 2 is 1.65 bits per heavy atom. The molecular weight excluding hydrogens is 392 g/mol. The molecule has 0 unspecified atom stereocenters. The number of carbonyl (C=O) groups excluding carboxylic acids is 1. The molecule has 1 aromatic heterocycles. The molecule has 2 N–H and O–H groups in total. The van der Waals surface area contributed by atoms with Crippen LogP contribution in [0.2, 0.25) is 0 Å². The van der Waals surface area contributed by atoms with Gasteiger partial charge in [-0.1, -0.05) is 12.1 Å². The van der Waals surface area contributed by atoms with Crippen molar-refractivity contribution in [3.8, 4) is 5.75 Å². The Morgan fingerprint density at radius 1 is 1.00 bits per heavy atom. The molecule has 3 heterocycles. The van der Waals surface area contributed by atoms with Crippen molar-refractivity contribution in [2.45, 2.75) is 32.6 Å². The Morgan fingerprint density at radius 3 is 2.35 bits per heavy atom. The number of benzene rings is 1. The van der Waals surface area contributed by atoms with E-state index in [2.05, 4.69) is 27.2 Å². The van der Waals surface area contributed by atoms with E-state index in [1.54, 1.807) is 24.3 Å². The third-order valence-corrected chi connectivity index (χ3v) is 6.54. The summed E-state index contributed by atoms with van der Waals surface area (Å²) in [5.74, 6) is 0.839. The number of nitrogens with two attached hydrogens (primary N) is 1. The summed E-state index contributed by atoms with van der Waals surface area (Å²) < 4.78 is 5.70. The Balaban J connectivity index is 1.40. The lowest BCUT2D eigenvalue weighted by atomic mass is 9.71. The highest BCUT2D eigenvalue weighted by molar-refractivity contribution is 5.73. The minimum Gasteiger partial charge on any atom is -0.408 e. The third-order valence-electron chi connectivity index (χ3n) is 6.54. The van der Waals surface area contributed by atoms with Gasteiger partial charge in [0, 0.05) is 13.1 Å². The highest BCUT2D eigenvalue weighted by atomic mass is 16.6. The van der Waals surface area contributed by atoms with E-state index in [0.29, 0.717) is 34.1 Å². The fraction of sp³-hybridized carbons (Fsp3) is 0.478. The van der Waals surface area contributed by atoms with E-state index in [4.69, 9.17) is 10.5 Å². The largest absolute Gasteiger partial charge is 0.415 e. The van der Waals surface area contributed by atoms with Crippen molar-refractivity contribution in [1.29, 1.82) is 0 Å². The highest BCUT2D eigenvalue weighted by Gasteiger charge is 2.38. The van der Waals surface area contributed by atoms with Gasteiger partial charge < -0.3 is 20.3 Å². The normalized spacial score (nSPS) is 19.1. The number of nitrogens with zero attached hydrogens (tertiary/aromatic N) is 5. The van der Waals surface area contributed by atoms with Gasteiger partial charge in [-0.15, -0.1) is 10.2 Å². The molecule has 1 spiro atoms. The van der Waals surface area contributed by atoms with E-state index < -0.39 is 0 Å². The van der Waals surface area contributed by atoms with Crippen LogP contribution in [0.15, 0.2) is 46.6 Å². The van der Waals surface area contributed by atoms with Crippen LogP contribution in [0, 0.1) is 12.3 Å². The molecule has 1 amide bonds. The number of aromatic nitrogens is 1. The number of pyridine rings is 1. The zero-order valence-corrected chi connectivity index (χ0v) is 18.3. The summed E-state index contributed by atoms with van der Waals surface area (Å²) in [7, 11) is 2.18. The second-order valence-electron chi connectivity index (χ2n) is 8.67. The van der Waals surface area contributed by atoms with Crippen LogP contribution in [0.5, 0.6) is 5.75 Å². The molecule has 2 fully saturated rings. The number of hydrogen-bond acceptors (Lipinski definition) is 7. The second-order valence-corrected chi connectivity index (χ2v) is 8.67. The average Bonchev–Trinajstić information content (AvgIpc) is 2.77. The van der Waals surface area contributed by atoms with Gasteiger partial charge >= 0.3 is 6.09 Å². The van der Waals surface area contributed by atoms with Crippen molar-refractivity contribution in [2.75, 3.05) is 39.0 Å². The number of hydrogen-bond donors (Lipinski definition) is 1. The molecule has 164 valence electrons. The lowest BCUT2D eigenvalue weighted by Crippen LogP contribution is -2.48. The van der Waals surface area contributed by atoms with E-state index >= 15 is 0 Å². The number of rotatable bonds is 3. The van der Waals surface area contributed by atoms with Crippen LogP contribution in [-0.2, 0) is 0 Å². The zero-order valence-electron chi connectivity index (χ0n) is 18.3. The van der Waals surface area contributed by atoms with Crippen LogP contribution >= 0.6 is 0 Å². The molecule has 4 rings (SSSR count). The maximum atomic E-state index is 12.8. The second kappa shape index (κ2) is 9.01. The zero-order chi connectivity index (χ0) is 21.8. The average molecular weight is 423 g/mol. The first-order valence-corrected chi connectivity index (χ1v) is 10.8. The molecule has 0 radical (unpaired) electrons. The maximum Gasteiger partial charge on any atom is 0.415 e. The summed E-state index contributed by atoms with van der Waals surface area (Å²) in [4.78, 5) is 21.2. The van der Waals surface area contributed by atoms with Gasteiger partial charge in [-0.3, -0.25) is 0 Å². The predicted molar refractivity (Wildman–Crippen MR) is 120 cm³/mol. The Hall–Kier alpha value is -3.00. The van der Waals surface area contributed by atoms with Crippen LogP contribution in [0.1, 0.15) is 31.4 Å². The Bertz CT molecular complexity index is 958. The van der Waals surface area contributed by atoms with E-state index in [0.717, 1.165) is 39.0 Å². The molecule has 2 saturated heterocycles. The number of anilines is 1. The van der Waals surface area contributed by atoms with E-state index in [-0.39, 0.29) is 6.09 Å². The fourth-order valence-corrected chi connectivity index (χ4v) is 4.33. The summed E-state index contributed by atoms with van der Waals surface area (Å²) in [6.07, 6.45) is 4.20. The molecule has 0 atom stereocenters. The molecule has 2 aliphatic heterocycles. The predicted octanol–water partition coefficient (Wildman–Crippen LogP) is 4.69. The van der Waals surface area contributed by atoms with Gasteiger partial charge in [0.2, 0.25) is 0 Å². The minimum atomic E-state index is -0.323. The van der Waals surface area contributed by atoms with Crippen LogP contribution in [-0.4, -0.2) is 54.1 Å². The number of nitrogen functional groups attached to an aromatic ring is 1. The number of carbonyl (C=O) groups is 1. The van der Waals surface area contributed by atoms with Gasteiger partial charge in [0.05, 0.1) is 5.69 Å². The van der Waals surface area contributed by atoms with E-state index in [1.165, 1.54) is 12.8 Å². The first kappa shape index (κ1) is 21.2. The highest BCUT2D eigenvalue weighted by Crippen LogP contribution is 2.41. The number of aryl methyl sites for hydroxylation is 1. The summed E-state index contributed by atoms with van der Waals surface area (Å²) in [5.41, 5.74) is 7.88. The lowest BCUT2D eigenvalue weighted by molar-refractivity contribution is 0.0455. The van der Waals surface area contributed by atoms with Gasteiger partial charge in [0.1, 0.15) is 17.2 Å². The van der Waals surface area contributed by atoms with Gasteiger partial charge in [-0.2, -0.15) is 0 Å². The molecule has 0 bridgehead atoms. The van der Waals surface area contributed by atoms with Crippen molar-refractivity contribution < 1.29 is 9.53 Å². The van der Waals surface area contributed by atoms with E-state index in [1.807, 2.05) is 24.0 Å². The van der Waals surface area contributed by atoms with Gasteiger partial charge in [0.25, 0.3) is 0 Å². The quantitative estimate of drug-likeness (QED) is 0.724. The van der Waals surface area contributed by atoms with Crippen LogP contribution in [0.3, 0.4) is 0 Å². The maximum absolute atomic E-state index is 12.8. The van der Waals surface area contributed by atoms with Crippen molar-refractivity contribution >= 4 is 23.3 Å². The first-order valence-electron chi connectivity index (χ1n) is 10.8. The molecule has 0 saturated carbocycles. The monoisotopic (exact) mass is 422 g/mol. The van der Waals surface area contributed by atoms with Crippen molar-refractivity contribution in [2.24, 2.45) is 15.6 Å². The molecule has 2 aliphatic rings. The lowest BCUT2D eigenvalue weighted by Gasteiger charge is -2.45. The summed E-state index contributed by atoms with van der Waals surface area (Å²) >= 11 is 0. The van der Waals surface area contributed by atoms with Gasteiger partial charge in [0.15, 0.2) is 5.75 Å². The molecule has 0 aliphatic carbocycles. The topological polar surface area (TPSA) is 96.4 Å². The molecule has 2 aromatic rings. The molecule has 1 aromatic carbocycles. The standard InChI is InChI=1S/C23H30N6O2/c1-17-18(7-8-21(24)25-17)26-27-19-5-3-4-6-20(19)31-22(30)29-15-11-23(12-16-29)9-13-28(2)14-10-23/h3-8H,9-16H2,1-2H3,(H2,24,25). The summed E-state index contributed by atoms with van der Waals surface area (Å²) in [6.45, 7) is 5.59. The third kappa shape index (κ3) is 5.02. The molecule has 8 heteroatoms. The van der Waals surface area contributed by atoms with Crippen molar-refractivity contribution in [3.05, 3.63) is 42.1 Å². The summed E-state index contributed by atoms with van der Waals surface area (Å²) in [6, 6.07) is 10.6. The minimum absolute atomic E-state index is 0.323. The van der Waals surface area contributed by atoms with Crippen LogP contribution in [0.4, 0.5) is 22.0 Å². The van der Waals surface area contributed by atoms with Crippen LogP contribution in [0.25, 0.3) is 0 Å². The molecular formula is C23H30N6O2. The number of ether oxygens (including phenoxy) is 1. The van der Waals surface area contributed by atoms with Crippen molar-refractivity contribution in [3.63, 3.8) is 0 Å². The Labute approximate surface area is 183 Å².